The van der Waals surface area contributed by atoms with Crippen LogP contribution in [0.3, 0.4) is 0 Å². The Kier molecular flexibility index (Phi) is 4.19. The number of aryl methyl sites for hydroxylation is 1. The second-order valence-electron chi connectivity index (χ2n) is 5.23. The molecule has 1 aliphatic rings. The lowest BCUT2D eigenvalue weighted by atomic mass is 10.0. The van der Waals surface area contributed by atoms with E-state index >= 15 is 0 Å². The minimum absolute atomic E-state index is 0.376. The van der Waals surface area contributed by atoms with Crippen LogP contribution in [0.1, 0.15) is 36.9 Å². The van der Waals surface area contributed by atoms with Gasteiger partial charge in [-0.05, 0) is 43.4 Å². The summed E-state index contributed by atoms with van der Waals surface area (Å²) in [4.78, 5) is 2.42. The number of hydrogen-bond donors (Lipinski definition) is 1. The third-order valence-corrected chi connectivity index (χ3v) is 3.77. The molecule has 1 unspecified atom stereocenters. The summed E-state index contributed by atoms with van der Waals surface area (Å²) < 4.78 is 0. The summed E-state index contributed by atoms with van der Waals surface area (Å²) in [5.74, 6) is 0.920. The van der Waals surface area contributed by atoms with Crippen LogP contribution < -0.4 is 5.73 Å². The molecule has 1 aromatic carbocycles. The fraction of sp³-hybridized carbons (Fsp3) is 0.600. The van der Waals surface area contributed by atoms with Crippen molar-refractivity contribution in [2.24, 2.45) is 11.7 Å². The Balaban J connectivity index is 2.04. The summed E-state index contributed by atoms with van der Waals surface area (Å²) in [6.45, 7) is 4.08. The van der Waals surface area contributed by atoms with Crippen LogP contribution in [-0.4, -0.2) is 25.0 Å². The Morgan fingerprint density at radius 1 is 1.29 bits per heavy atom. The summed E-state index contributed by atoms with van der Waals surface area (Å²) in [5.41, 5.74) is 8.68. The molecule has 0 heterocycles. The Hall–Kier alpha value is -0.860. The zero-order valence-electron chi connectivity index (χ0n) is 11.0. The molecule has 2 heteroatoms. The zero-order chi connectivity index (χ0) is 12.3. The van der Waals surface area contributed by atoms with Crippen LogP contribution in [-0.2, 0) is 6.42 Å². The van der Waals surface area contributed by atoms with E-state index in [4.69, 9.17) is 5.73 Å². The van der Waals surface area contributed by atoms with Gasteiger partial charge in [0.15, 0.2) is 0 Å². The van der Waals surface area contributed by atoms with Crippen molar-refractivity contribution in [2.75, 3.05) is 20.1 Å². The van der Waals surface area contributed by atoms with E-state index in [0.717, 1.165) is 12.3 Å². The molecule has 1 aromatic rings. The van der Waals surface area contributed by atoms with Crippen molar-refractivity contribution in [2.45, 2.75) is 32.2 Å². The topological polar surface area (TPSA) is 29.3 Å². The zero-order valence-corrected chi connectivity index (χ0v) is 11.0. The maximum Gasteiger partial charge on any atom is 0.0467 e. The predicted molar refractivity (Wildman–Crippen MR) is 73.0 cm³/mol. The van der Waals surface area contributed by atoms with Crippen molar-refractivity contribution in [1.82, 2.24) is 4.90 Å². The van der Waals surface area contributed by atoms with Gasteiger partial charge in [0, 0.05) is 19.1 Å². The largest absolute Gasteiger partial charge is 0.329 e. The Labute approximate surface area is 105 Å². The number of rotatable bonds is 6. The molecule has 1 atom stereocenters. The summed E-state index contributed by atoms with van der Waals surface area (Å²) in [6.07, 6.45) is 3.90. The molecule has 2 N–H and O–H groups in total. The van der Waals surface area contributed by atoms with Gasteiger partial charge in [-0.15, -0.1) is 0 Å². The first kappa shape index (κ1) is 12.6. The van der Waals surface area contributed by atoms with Gasteiger partial charge in [-0.2, -0.15) is 0 Å². The van der Waals surface area contributed by atoms with Gasteiger partial charge in [-0.1, -0.05) is 31.2 Å². The molecule has 0 spiro atoms. The van der Waals surface area contributed by atoms with Gasteiger partial charge in [0.1, 0.15) is 0 Å². The lowest BCUT2D eigenvalue weighted by Crippen LogP contribution is -2.32. The van der Waals surface area contributed by atoms with E-state index in [0.29, 0.717) is 12.6 Å². The number of nitrogens with two attached hydrogens (primary N) is 1. The quantitative estimate of drug-likeness (QED) is 0.817. The number of hydrogen-bond acceptors (Lipinski definition) is 2. The molecule has 1 saturated carbocycles. The van der Waals surface area contributed by atoms with Crippen LogP contribution in [0, 0.1) is 5.92 Å². The van der Waals surface area contributed by atoms with Gasteiger partial charge in [-0.3, -0.25) is 4.90 Å². The highest BCUT2D eigenvalue weighted by Crippen LogP contribution is 2.31. The molecule has 0 amide bonds. The number of nitrogens with zero attached hydrogens (tertiary/aromatic N) is 1. The van der Waals surface area contributed by atoms with Crippen molar-refractivity contribution in [3.63, 3.8) is 0 Å². The van der Waals surface area contributed by atoms with Crippen molar-refractivity contribution in [1.29, 1.82) is 0 Å². The van der Waals surface area contributed by atoms with Gasteiger partial charge < -0.3 is 5.73 Å². The van der Waals surface area contributed by atoms with Crippen molar-refractivity contribution in [3.8, 4) is 0 Å². The highest BCUT2D eigenvalue weighted by Gasteiger charge is 2.26. The molecular weight excluding hydrogens is 208 g/mol. The lowest BCUT2D eigenvalue weighted by molar-refractivity contribution is 0.240. The molecule has 1 aliphatic carbocycles. The van der Waals surface area contributed by atoms with Crippen LogP contribution in [0.5, 0.6) is 0 Å². The smallest absolute Gasteiger partial charge is 0.0467 e. The summed E-state index contributed by atoms with van der Waals surface area (Å²) in [5, 5.41) is 0. The van der Waals surface area contributed by atoms with Crippen molar-refractivity contribution < 1.29 is 0 Å². The van der Waals surface area contributed by atoms with E-state index in [-0.39, 0.29) is 0 Å². The molecular formula is C15H24N2. The van der Waals surface area contributed by atoms with E-state index in [1.54, 1.807) is 0 Å². The van der Waals surface area contributed by atoms with Crippen molar-refractivity contribution >= 4 is 0 Å². The fourth-order valence-electron chi connectivity index (χ4n) is 2.38. The molecule has 2 nitrogen and oxygen atoms in total. The lowest BCUT2D eigenvalue weighted by Gasteiger charge is -2.27. The minimum atomic E-state index is 0.376. The average molecular weight is 232 g/mol. The summed E-state index contributed by atoms with van der Waals surface area (Å²) in [6, 6.07) is 9.30. The Morgan fingerprint density at radius 3 is 2.41 bits per heavy atom. The highest BCUT2D eigenvalue weighted by molar-refractivity contribution is 5.25. The van der Waals surface area contributed by atoms with E-state index in [2.05, 4.69) is 43.1 Å². The summed E-state index contributed by atoms with van der Waals surface area (Å²) >= 11 is 0. The molecule has 0 radical (unpaired) electrons. The Morgan fingerprint density at radius 2 is 1.94 bits per heavy atom. The SMILES string of the molecule is CCc1ccc(C(CN)N(C)CC2CC2)cc1. The maximum absolute atomic E-state index is 5.93. The van der Waals surface area contributed by atoms with Gasteiger partial charge in [0.25, 0.3) is 0 Å². The second-order valence-corrected chi connectivity index (χ2v) is 5.23. The number of benzene rings is 1. The standard InChI is InChI=1S/C15H24N2/c1-3-12-6-8-14(9-7-12)15(10-16)17(2)11-13-4-5-13/h6-9,13,15H,3-5,10-11,16H2,1-2H3. The first-order chi connectivity index (χ1) is 8.24. The predicted octanol–water partition coefficient (Wildman–Crippen LogP) is 2.59. The van der Waals surface area contributed by atoms with E-state index in [1.165, 1.54) is 30.5 Å². The van der Waals surface area contributed by atoms with Crippen LogP contribution >= 0.6 is 0 Å². The molecule has 0 aliphatic heterocycles. The van der Waals surface area contributed by atoms with Crippen LogP contribution in [0.2, 0.25) is 0 Å². The van der Waals surface area contributed by atoms with Gasteiger partial charge in [0.2, 0.25) is 0 Å². The monoisotopic (exact) mass is 232 g/mol. The minimum Gasteiger partial charge on any atom is -0.329 e. The normalized spacial score (nSPS) is 17.4. The molecule has 94 valence electrons. The molecule has 0 aromatic heterocycles. The van der Waals surface area contributed by atoms with Gasteiger partial charge >= 0.3 is 0 Å². The van der Waals surface area contributed by atoms with Gasteiger partial charge in [-0.25, -0.2) is 0 Å². The second kappa shape index (κ2) is 5.65. The maximum atomic E-state index is 5.93. The highest BCUT2D eigenvalue weighted by atomic mass is 15.1. The molecule has 0 bridgehead atoms. The molecule has 17 heavy (non-hydrogen) atoms. The fourth-order valence-corrected chi connectivity index (χ4v) is 2.38. The molecule has 0 saturated heterocycles. The number of likely N-dealkylation sites (N-methyl/N-ethyl adjacent to an activating group) is 1. The first-order valence-electron chi connectivity index (χ1n) is 6.73. The molecule has 1 fully saturated rings. The van der Waals surface area contributed by atoms with E-state index in [9.17, 15) is 0 Å². The van der Waals surface area contributed by atoms with E-state index in [1.807, 2.05) is 0 Å². The Bertz CT molecular complexity index is 340. The third kappa shape index (κ3) is 3.30. The van der Waals surface area contributed by atoms with Crippen molar-refractivity contribution in [3.05, 3.63) is 35.4 Å². The van der Waals surface area contributed by atoms with E-state index < -0.39 is 0 Å². The van der Waals surface area contributed by atoms with Crippen LogP contribution in [0.15, 0.2) is 24.3 Å². The molecule has 2 rings (SSSR count). The van der Waals surface area contributed by atoms with Crippen LogP contribution in [0.25, 0.3) is 0 Å². The van der Waals surface area contributed by atoms with Crippen LogP contribution in [0.4, 0.5) is 0 Å². The first-order valence-corrected chi connectivity index (χ1v) is 6.73. The third-order valence-electron chi connectivity index (χ3n) is 3.77. The average Bonchev–Trinajstić information content (AvgIpc) is 3.15. The van der Waals surface area contributed by atoms with Gasteiger partial charge in [0.05, 0.1) is 0 Å². The summed E-state index contributed by atoms with van der Waals surface area (Å²) in [7, 11) is 2.20.